The van der Waals surface area contributed by atoms with Crippen molar-refractivity contribution >= 4 is 23.8 Å². The van der Waals surface area contributed by atoms with Gasteiger partial charge in [0, 0.05) is 50.6 Å². The summed E-state index contributed by atoms with van der Waals surface area (Å²) in [6.45, 7) is 16.0. The third-order valence-corrected chi connectivity index (χ3v) is 5.96. The molecule has 0 aromatic rings. The molecule has 32 heavy (non-hydrogen) atoms. The van der Waals surface area contributed by atoms with Crippen LogP contribution in [0.4, 0.5) is 4.79 Å². The van der Waals surface area contributed by atoms with E-state index in [1.165, 1.54) is 4.90 Å². The Hall–Kier alpha value is -2.42. The molecule has 1 aliphatic rings. The maximum Gasteiger partial charge on any atom is 0.333 e. The molecule has 1 aliphatic heterocycles. The van der Waals surface area contributed by atoms with Crippen molar-refractivity contribution in [3.8, 4) is 0 Å². The van der Waals surface area contributed by atoms with Crippen molar-refractivity contribution in [2.24, 2.45) is 17.3 Å². The van der Waals surface area contributed by atoms with Gasteiger partial charge in [-0.1, -0.05) is 34.3 Å². The predicted molar refractivity (Wildman–Crippen MR) is 123 cm³/mol. The summed E-state index contributed by atoms with van der Waals surface area (Å²) in [4.78, 5) is 49.2. The molecule has 1 fully saturated rings. The predicted octanol–water partition coefficient (Wildman–Crippen LogP) is 1.83. The lowest BCUT2D eigenvalue weighted by molar-refractivity contribution is -0.140. The Morgan fingerprint density at radius 1 is 1.16 bits per heavy atom. The van der Waals surface area contributed by atoms with Gasteiger partial charge in [-0.2, -0.15) is 0 Å². The van der Waals surface area contributed by atoms with Gasteiger partial charge in [-0.3, -0.25) is 14.5 Å². The third kappa shape index (κ3) is 9.38. The fourth-order valence-electron chi connectivity index (χ4n) is 3.22. The number of imide groups is 1. The molecule has 0 bridgehead atoms. The maximum absolute atomic E-state index is 12.6. The van der Waals surface area contributed by atoms with E-state index in [4.69, 9.17) is 4.74 Å². The Bertz CT molecular complexity index is 690. The van der Waals surface area contributed by atoms with Crippen LogP contribution >= 0.6 is 0 Å². The first-order valence-electron chi connectivity index (χ1n) is 11.3. The van der Waals surface area contributed by atoms with Crippen molar-refractivity contribution in [2.45, 2.75) is 53.9 Å². The zero-order valence-corrected chi connectivity index (χ0v) is 20.2. The number of esters is 1. The van der Waals surface area contributed by atoms with Crippen LogP contribution in [0.25, 0.3) is 0 Å². The van der Waals surface area contributed by atoms with E-state index >= 15 is 0 Å². The van der Waals surface area contributed by atoms with E-state index in [1.807, 2.05) is 0 Å². The van der Waals surface area contributed by atoms with Crippen LogP contribution in [-0.2, 0) is 19.1 Å². The minimum Gasteiger partial charge on any atom is -0.462 e. The summed E-state index contributed by atoms with van der Waals surface area (Å²) < 4.78 is 4.94. The van der Waals surface area contributed by atoms with Crippen LogP contribution in [0, 0.1) is 17.3 Å². The first-order chi connectivity index (χ1) is 15.0. The minimum absolute atomic E-state index is 0.0101. The van der Waals surface area contributed by atoms with Gasteiger partial charge >= 0.3 is 12.0 Å². The lowest BCUT2D eigenvalue weighted by Crippen LogP contribution is -2.42. The molecule has 1 atom stereocenters. The van der Waals surface area contributed by atoms with Gasteiger partial charge in [0.05, 0.1) is 6.61 Å². The smallest absolute Gasteiger partial charge is 0.333 e. The molecular weight excluding hydrogens is 412 g/mol. The van der Waals surface area contributed by atoms with Crippen LogP contribution in [-0.4, -0.2) is 68.0 Å². The number of carbonyl (C=O) groups is 4. The van der Waals surface area contributed by atoms with Crippen molar-refractivity contribution in [2.75, 3.05) is 39.3 Å². The second-order valence-electron chi connectivity index (χ2n) is 9.33. The minimum atomic E-state index is -0.437. The fraction of sp³-hybridized carbons (Fsp3) is 0.739. The Kier molecular flexibility index (Phi) is 11.4. The normalized spacial score (nSPS) is 16.4. The van der Waals surface area contributed by atoms with Gasteiger partial charge in [0.1, 0.15) is 0 Å². The standard InChI is InChI=1S/C23H40N4O5/c1-16(2)21(30)32-13-7-8-25-22(31)26-10-9-24-11-12-27-19(28)14-18(20(27)29)15-23(5,6)17(3)4/h17-18,24H,1,7-15H2,2-6H3,(H2,25,26,31). The van der Waals surface area contributed by atoms with Gasteiger partial charge in [-0.15, -0.1) is 0 Å². The Morgan fingerprint density at radius 2 is 1.81 bits per heavy atom. The number of rotatable bonds is 14. The van der Waals surface area contributed by atoms with Gasteiger partial charge < -0.3 is 20.7 Å². The number of nitrogens with zero attached hydrogens (tertiary/aromatic N) is 1. The molecule has 0 saturated carbocycles. The summed E-state index contributed by atoms with van der Waals surface area (Å²) in [5, 5.41) is 8.52. The highest BCUT2D eigenvalue weighted by atomic mass is 16.5. The monoisotopic (exact) mass is 452 g/mol. The summed E-state index contributed by atoms with van der Waals surface area (Å²) in [7, 11) is 0. The van der Waals surface area contributed by atoms with Crippen LogP contribution in [0.15, 0.2) is 12.2 Å². The Labute approximate surface area is 191 Å². The SMILES string of the molecule is C=C(C)C(=O)OCCCNC(=O)NCCNCCN1C(=O)CC(CC(C)(C)C(C)C)C1=O. The molecule has 3 N–H and O–H groups in total. The van der Waals surface area contributed by atoms with E-state index in [0.29, 0.717) is 63.5 Å². The number of likely N-dealkylation sites (tertiary alicyclic amines) is 1. The number of nitrogens with one attached hydrogen (secondary N) is 3. The number of hydrogen-bond acceptors (Lipinski definition) is 6. The van der Waals surface area contributed by atoms with Gasteiger partial charge in [0.15, 0.2) is 0 Å². The molecule has 0 radical (unpaired) electrons. The summed E-state index contributed by atoms with van der Waals surface area (Å²) in [5.74, 6) is -0.406. The average molecular weight is 453 g/mol. The molecule has 182 valence electrons. The number of urea groups is 1. The van der Waals surface area contributed by atoms with E-state index in [9.17, 15) is 19.2 Å². The maximum atomic E-state index is 12.6. The average Bonchev–Trinajstić information content (AvgIpc) is 2.96. The van der Waals surface area contributed by atoms with Crippen molar-refractivity contribution in [1.29, 1.82) is 0 Å². The summed E-state index contributed by atoms with van der Waals surface area (Å²) in [5.41, 5.74) is 0.354. The largest absolute Gasteiger partial charge is 0.462 e. The van der Waals surface area contributed by atoms with Crippen LogP contribution in [0.1, 0.15) is 53.9 Å². The number of carbonyl (C=O) groups excluding carboxylic acids is 4. The highest BCUT2D eigenvalue weighted by molar-refractivity contribution is 6.03. The summed E-state index contributed by atoms with van der Waals surface area (Å²) >= 11 is 0. The first-order valence-corrected chi connectivity index (χ1v) is 11.3. The van der Waals surface area contributed by atoms with E-state index in [-0.39, 0.29) is 35.8 Å². The van der Waals surface area contributed by atoms with Gasteiger partial charge in [-0.25, -0.2) is 9.59 Å². The second-order valence-corrected chi connectivity index (χ2v) is 9.33. The topological polar surface area (TPSA) is 117 Å². The zero-order valence-electron chi connectivity index (χ0n) is 20.2. The van der Waals surface area contributed by atoms with Crippen LogP contribution in [0.5, 0.6) is 0 Å². The number of ether oxygens (including phenoxy) is 1. The lowest BCUT2D eigenvalue weighted by Gasteiger charge is -2.31. The van der Waals surface area contributed by atoms with Gasteiger partial charge in [0.25, 0.3) is 0 Å². The molecule has 9 heteroatoms. The Balaban J connectivity index is 2.14. The third-order valence-electron chi connectivity index (χ3n) is 5.96. The number of hydrogen-bond donors (Lipinski definition) is 3. The van der Waals surface area contributed by atoms with E-state index < -0.39 is 5.97 Å². The number of amides is 4. The van der Waals surface area contributed by atoms with Gasteiger partial charge in [0.2, 0.25) is 11.8 Å². The molecule has 9 nitrogen and oxygen atoms in total. The summed E-state index contributed by atoms with van der Waals surface area (Å²) in [6, 6.07) is -0.307. The highest BCUT2D eigenvalue weighted by Gasteiger charge is 2.41. The molecule has 0 aromatic heterocycles. The molecular formula is C23H40N4O5. The van der Waals surface area contributed by atoms with E-state index in [2.05, 4.69) is 50.2 Å². The molecule has 1 rings (SSSR count). The van der Waals surface area contributed by atoms with Crippen LogP contribution in [0.2, 0.25) is 0 Å². The fourth-order valence-corrected chi connectivity index (χ4v) is 3.22. The molecule has 0 spiro atoms. The molecule has 1 saturated heterocycles. The molecule has 0 aromatic carbocycles. The van der Waals surface area contributed by atoms with Crippen LogP contribution in [0.3, 0.4) is 0 Å². The Morgan fingerprint density at radius 3 is 2.44 bits per heavy atom. The zero-order chi connectivity index (χ0) is 24.3. The molecule has 0 aliphatic carbocycles. The summed E-state index contributed by atoms with van der Waals surface area (Å²) in [6.07, 6.45) is 1.52. The van der Waals surface area contributed by atoms with Gasteiger partial charge in [-0.05, 0) is 31.1 Å². The van der Waals surface area contributed by atoms with E-state index in [0.717, 1.165) is 0 Å². The molecule has 1 unspecified atom stereocenters. The van der Waals surface area contributed by atoms with Crippen LogP contribution < -0.4 is 16.0 Å². The van der Waals surface area contributed by atoms with Crippen molar-refractivity contribution in [3.63, 3.8) is 0 Å². The second kappa shape index (κ2) is 13.2. The first kappa shape index (κ1) is 27.6. The van der Waals surface area contributed by atoms with E-state index in [1.54, 1.807) is 6.92 Å². The molecule has 4 amide bonds. The lowest BCUT2D eigenvalue weighted by atomic mass is 9.74. The van der Waals surface area contributed by atoms with Crippen molar-refractivity contribution in [3.05, 3.63) is 12.2 Å². The van der Waals surface area contributed by atoms with Crippen molar-refractivity contribution in [1.82, 2.24) is 20.9 Å². The van der Waals surface area contributed by atoms with Crippen molar-refractivity contribution < 1.29 is 23.9 Å². The highest BCUT2D eigenvalue weighted by Crippen LogP contribution is 2.37. The molecule has 1 heterocycles. The quantitative estimate of drug-likeness (QED) is 0.160.